The molecule has 0 bridgehead atoms. The number of carbonyl (C=O) groups is 1. The van der Waals surface area contributed by atoms with E-state index in [-0.39, 0.29) is 11.7 Å². The van der Waals surface area contributed by atoms with Gasteiger partial charge in [0.05, 0.1) is 11.9 Å². The van der Waals surface area contributed by atoms with Crippen LogP contribution in [0.25, 0.3) is 0 Å². The third-order valence-corrected chi connectivity index (χ3v) is 2.60. The van der Waals surface area contributed by atoms with Crippen LogP contribution in [-0.4, -0.2) is 10.9 Å². The van der Waals surface area contributed by atoms with Gasteiger partial charge in [0.25, 0.3) is 5.91 Å². The molecule has 2 aromatic rings. The van der Waals surface area contributed by atoms with Crippen LogP contribution in [0.15, 0.2) is 36.5 Å². The Kier molecular flexibility index (Phi) is 3.37. The maximum Gasteiger partial charge on any atom is 0.255 e. The largest absolute Gasteiger partial charge is 0.321 e. The zero-order valence-electron chi connectivity index (χ0n) is 10.2. The summed E-state index contributed by atoms with van der Waals surface area (Å²) in [5, 5.41) is 2.72. The summed E-state index contributed by atoms with van der Waals surface area (Å²) < 4.78 is 12.9. The van der Waals surface area contributed by atoms with Gasteiger partial charge in [-0.3, -0.25) is 9.78 Å². The average molecular weight is 244 g/mol. The van der Waals surface area contributed by atoms with E-state index in [2.05, 4.69) is 10.3 Å². The fraction of sp³-hybridized carbons (Fsp3) is 0.143. The van der Waals surface area contributed by atoms with Crippen LogP contribution in [0.5, 0.6) is 0 Å². The molecule has 0 saturated heterocycles. The van der Waals surface area contributed by atoms with Crippen molar-refractivity contribution in [1.29, 1.82) is 0 Å². The van der Waals surface area contributed by atoms with Gasteiger partial charge in [-0.15, -0.1) is 0 Å². The van der Waals surface area contributed by atoms with Crippen molar-refractivity contribution in [2.45, 2.75) is 13.8 Å². The number of benzene rings is 1. The van der Waals surface area contributed by atoms with Gasteiger partial charge >= 0.3 is 0 Å². The molecular weight excluding hydrogens is 231 g/mol. The van der Waals surface area contributed by atoms with Crippen molar-refractivity contribution in [3.63, 3.8) is 0 Å². The lowest BCUT2D eigenvalue weighted by atomic mass is 10.1. The highest BCUT2D eigenvalue weighted by atomic mass is 19.1. The van der Waals surface area contributed by atoms with E-state index >= 15 is 0 Å². The van der Waals surface area contributed by atoms with Crippen molar-refractivity contribution in [3.8, 4) is 0 Å². The third kappa shape index (κ3) is 2.71. The van der Waals surface area contributed by atoms with Crippen molar-refractivity contribution < 1.29 is 9.18 Å². The molecule has 2 rings (SSSR count). The number of hydrogen-bond acceptors (Lipinski definition) is 2. The molecule has 1 heterocycles. The molecule has 1 amide bonds. The number of nitrogens with one attached hydrogen (secondary N) is 1. The summed E-state index contributed by atoms with van der Waals surface area (Å²) in [6, 6.07) is 7.67. The molecule has 0 radical (unpaired) electrons. The first-order chi connectivity index (χ1) is 8.56. The number of aromatic nitrogens is 1. The Morgan fingerprint density at radius 2 is 2.00 bits per heavy atom. The van der Waals surface area contributed by atoms with Gasteiger partial charge in [0, 0.05) is 11.3 Å². The fourth-order valence-corrected chi connectivity index (χ4v) is 1.62. The van der Waals surface area contributed by atoms with Crippen LogP contribution in [0.1, 0.15) is 21.6 Å². The lowest BCUT2D eigenvalue weighted by Crippen LogP contribution is -2.13. The summed E-state index contributed by atoms with van der Waals surface area (Å²) >= 11 is 0. The first kappa shape index (κ1) is 12.2. The number of nitrogens with zero attached hydrogens (tertiary/aromatic N) is 1. The second-order valence-corrected chi connectivity index (χ2v) is 4.10. The molecule has 1 aromatic carbocycles. The van der Waals surface area contributed by atoms with Crippen LogP contribution >= 0.6 is 0 Å². The average Bonchev–Trinajstić information content (AvgIpc) is 2.32. The number of amides is 1. The number of halogens is 1. The summed E-state index contributed by atoms with van der Waals surface area (Å²) in [4.78, 5) is 16.1. The Morgan fingerprint density at radius 3 is 2.61 bits per heavy atom. The van der Waals surface area contributed by atoms with E-state index in [4.69, 9.17) is 0 Å². The van der Waals surface area contributed by atoms with Crippen LogP contribution in [-0.2, 0) is 0 Å². The first-order valence-corrected chi connectivity index (χ1v) is 5.56. The molecule has 0 aliphatic carbocycles. The van der Waals surface area contributed by atoms with Gasteiger partial charge in [-0.2, -0.15) is 0 Å². The van der Waals surface area contributed by atoms with E-state index in [1.165, 1.54) is 18.2 Å². The van der Waals surface area contributed by atoms with Gasteiger partial charge in [-0.05, 0) is 49.7 Å². The Hall–Kier alpha value is -2.23. The normalized spacial score (nSPS) is 10.2. The second-order valence-electron chi connectivity index (χ2n) is 4.10. The second kappa shape index (κ2) is 4.96. The highest BCUT2D eigenvalue weighted by Gasteiger charge is 2.09. The van der Waals surface area contributed by atoms with Gasteiger partial charge < -0.3 is 5.32 Å². The number of carbonyl (C=O) groups excluding carboxylic acids is 1. The van der Waals surface area contributed by atoms with E-state index < -0.39 is 0 Å². The zero-order valence-corrected chi connectivity index (χ0v) is 10.2. The monoisotopic (exact) mass is 244 g/mol. The smallest absolute Gasteiger partial charge is 0.255 e. The number of rotatable bonds is 2. The molecule has 4 heteroatoms. The SMILES string of the molecule is Cc1ccc(NC(=O)c2ccc(F)cc2C)cn1. The predicted molar refractivity (Wildman–Crippen MR) is 68.1 cm³/mol. The Balaban J connectivity index is 2.19. The molecule has 0 spiro atoms. The van der Waals surface area contributed by atoms with Crippen molar-refractivity contribution in [3.05, 3.63) is 59.2 Å². The first-order valence-electron chi connectivity index (χ1n) is 5.56. The van der Waals surface area contributed by atoms with Crippen LogP contribution < -0.4 is 5.32 Å². The molecule has 1 N–H and O–H groups in total. The number of pyridine rings is 1. The molecule has 92 valence electrons. The molecule has 0 atom stereocenters. The summed E-state index contributed by atoms with van der Waals surface area (Å²) in [6.07, 6.45) is 1.59. The van der Waals surface area contributed by atoms with E-state index in [1.54, 1.807) is 19.2 Å². The molecule has 0 aliphatic heterocycles. The molecule has 0 saturated carbocycles. The van der Waals surface area contributed by atoms with Gasteiger partial charge in [-0.1, -0.05) is 0 Å². The van der Waals surface area contributed by atoms with Gasteiger partial charge in [0.15, 0.2) is 0 Å². The van der Waals surface area contributed by atoms with Crippen molar-refractivity contribution in [1.82, 2.24) is 4.98 Å². The minimum Gasteiger partial charge on any atom is -0.321 e. The standard InChI is InChI=1S/C14H13FN2O/c1-9-7-11(15)4-6-13(9)14(18)17-12-5-3-10(2)16-8-12/h3-8H,1-2H3,(H,17,18). The van der Waals surface area contributed by atoms with Crippen LogP contribution in [0, 0.1) is 19.7 Å². The molecule has 1 aromatic heterocycles. The van der Waals surface area contributed by atoms with Crippen molar-refractivity contribution >= 4 is 11.6 Å². The maximum absolute atomic E-state index is 12.9. The van der Waals surface area contributed by atoms with E-state index in [1.807, 2.05) is 13.0 Å². The Bertz CT molecular complexity index is 579. The molecule has 18 heavy (non-hydrogen) atoms. The zero-order chi connectivity index (χ0) is 13.1. The highest BCUT2D eigenvalue weighted by Crippen LogP contribution is 2.13. The van der Waals surface area contributed by atoms with Crippen LogP contribution in [0.3, 0.4) is 0 Å². The lowest BCUT2D eigenvalue weighted by Gasteiger charge is -2.07. The maximum atomic E-state index is 12.9. The van der Waals surface area contributed by atoms with Crippen molar-refractivity contribution in [2.24, 2.45) is 0 Å². The van der Waals surface area contributed by atoms with Crippen LogP contribution in [0.4, 0.5) is 10.1 Å². The predicted octanol–water partition coefficient (Wildman–Crippen LogP) is 3.09. The minimum absolute atomic E-state index is 0.266. The van der Waals surface area contributed by atoms with Gasteiger partial charge in [-0.25, -0.2) is 4.39 Å². The van der Waals surface area contributed by atoms with Crippen LogP contribution in [0.2, 0.25) is 0 Å². The number of anilines is 1. The summed E-state index contributed by atoms with van der Waals surface area (Å²) in [5.74, 6) is -0.612. The lowest BCUT2D eigenvalue weighted by molar-refractivity contribution is 0.102. The van der Waals surface area contributed by atoms with E-state index in [9.17, 15) is 9.18 Å². The quantitative estimate of drug-likeness (QED) is 0.882. The molecule has 3 nitrogen and oxygen atoms in total. The van der Waals surface area contributed by atoms with E-state index in [0.717, 1.165) is 5.69 Å². The number of hydrogen-bond donors (Lipinski definition) is 1. The molecule has 0 aliphatic rings. The topological polar surface area (TPSA) is 42.0 Å². The third-order valence-electron chi connectivity index (χ3n) is 2.60. The van der Waals surface area contributed by atoms with Gasteiger partial charge in [0.1, 0.15) is 5.82 Å². The minimum atomic E-state index is -0.346. The van der Waals surface area contributed by atoms with Gasteiger partial charge in [0.2, 0.25) is 0 Å². The summed E-state index contributed by atoms with van der Waals surface area (Å²) in [5.41, 5.74) is 2.56. The summed E-state index contributed by atoms with van der Waals surface area (Å²) in [6.45, 7) is 3.57. The number of aryl methyl sites for hydroxylation is 2. The molecule has 0 fully saturated rings. The highest BCUT2D eigenvalue weighted by molar-refractivity contribution is 6.05. The molecule has 0 unspecified atom stereocenters. The van der Waals surface area contributed by atoms with E-state index in [0.29, 0.717) is 16.8 Å². The Labute approximate surface area is 105 Å². The van der Waals surface area contributed by atoms with Crippen molar-refractivity contribution in [2.75, 3.05) is 5.32 Å². The Morgan fingerprint density at radius 1 is 1.22 bits per heavy atom. The fourth-order valence-electron chi connectivity index (χ4n) is 1.62. The molecular formula is C14H13FN2O. The summed E-state index contributed by atoms with van der Waals surface area (Å²) in [7, 11) is 0.